The molecule has 1 aromatic carbocycles. The van der Waals surface area contributed by atoms with Gasteiger partial charge >= 0.3 is 5.97 Å². The summed E-state index contributed by atoms with van der Waals surface area (Å²) in [6, 6.07) is 8.08. The number of nitrogens with one attached hydrogen (secondary N) is 1. The summed E-state index contributed by atoms with van der Waals surface area (Å²) in [4.78, 5) is 23.4. The Balaban J connectivity index is 2.84. The molecule has 0 spiro atoms. The average molecular weight is 279 g/mol. The summed E-state index contributed by atoms with van der Waals surface area (Å²) >= 11 is 0. The topological polar surface area (TPSA) is 75.6 Å². The largest absolute Gasteiger partial charge is 0.480 e. The van der Waals surface area contributed by atoms with E-state index in [0.29, 0.717) is 12.0 Å². The highest BCUT2D eigenvalue weighted by Crippen LogP contribution is 2.17. The predicted molar refractivity (Wildman–Crippen MR) is 75.2 cm³/mol. The van der Waals surface area contributed by atoms with Crippen molar-refractivity contribution in [3.8, 4) is 0 Å². The van der Waals surface area contributed by atoms with Crippen LogP contribution in [0, 0.1) is 5.92 Å². The summed E-state index contributed by atoms with van der Waals surface area (Å²) in [5.41, 5.74) is 0.695. The second-order valence-electron chi connectivity index (χ2n) is 4.74. The van der Waals surface area contributed by atoms with Crippen LogP contribution in [0.5, 0.6) is 0 Å². The third-order valence-corrected chi connectivity index (χ3v) is 3.35. The van der Waals surface area contributed by atoms with Crippen molar-refractivity contribution in [3.05, 3.63) is 35.9 Å². The van der Waals surface area contributed by atoms with Gasteiger partial charge in [-0.15, -0.1) is 0 Å². The molecule has 0 bridgehead atoms. The molecule has 110 valence electrons. The number of amides is 1. The maximum atomic E-state index is 12.2. The van der Waals surface area contributed by atoms with Crippen molar-refractivity contribution in [1.29, 1.82) is 0 Å². The molecule has 0 unspecified atom stereocenters. The number of benzene rings is 1. The second kappa shape index (κ2) is 7.65. The van der Waals surface area contributed by atoms with Crippen LogP contribution in [0.15, 0.2) is 30.3 Å². The Morgan fingerprint density at radius 3 is 2.35 bits per heavy atom. The van der Waals surface area contributed by atoms with Crippen LogP contribution in [0.3, 0.4) is 0 Å². The third kappa shape index (κ3) is 4.06. The van der Waals surface area contributed by atoms with Gasteiger partial charge in [-0.25, -0.2) is 4.79 Å². The Hall–Kier alpha value is -1.88. The Labute approximate surface area is 118 Å². The fraction of sp³-hybridized carbons (Fsp3) is 0.467. The zero-order chi connectivity index (χ0) is 15.1. The number of aliphatic carboxylic acids is 1. The highest BCUT2D eigenvalue weighted by Gasteiger charge is 2.29. The normalized spacial score (nSPS) is 15.2. The van der Waals surface area contributed by atoms with Crippen molar-refractivity contribution >= 4 is 11.9 Å². The van der Waals surface area contributed by atoms with Crippen LogP contribution in [-0.2, 0) is 14.3 Å². The van der Waals surface area contributed by atoms with Gasteiger partial charge in [0.15, 0.2) is 6.10 Å². The first-order valence-corrected chi connectivity index (χ1v) is 6.62. The van der Waals surface area contributed by atoms with Crippen molar-refractivity contribution in [3.63, 3.8) is 0 Å². The van der Waals surface area contributed by atoms with Gasteiger partial charge < -0.3 is 15.2 Å². The maximum absolute atomic E-state index is 12.2. The first kappa shape index (κ1) is 16.2. The minimum absolute atomic E-state index is 0.148. The Bertz CT molecular complexity index is 446. The number of rotatable bonds is 7. The lowest BCUT2D eigenvalue weighted by Gasteiger charge is -2.23. The number of carbonyl (C=O) groups is 2. The Morgan fingerprint density at radius 1 is 1.30 bits per heavy atom. The molecule has 0 aromatic heterocycles. The highest BCUT2D eigenvalue weighted by atomic mass is 16.5. The molecule has 0 aliphatic heterocycles. The van der Waals surface area contributed by atoms with E-state index in [2.05, 4.69) is 5.32 Å². The molecule has 20 heavy (non-hydrogen) atoms. The first-order chi connectivity index (χ1) is 9.51. The number of carboxylic acid groups (broad SMARTS) is 1. The molecule has 0 fully saturated rings. The van der Waals surface area contributed by atoms with Gasteiger partial charge in [0.05, 0.1) is 0 Å². The Morgan fingerprint density at radius 2 is 1.90 bits per heavy atom. The number of hydrogen-bond donors (Lipinski definition) is 2. The van der Waals surface area contributed by atoms with Gasteiger partial charge in [-0.2, -0.15) is 0 Å². The van der Waals surface area contributed by atoms with Crippen molar-refractivity contribution in [2.75, 3.05) is 7.11 Å². The summed E-state index contributed by atoms with van der Waals surface area (Å²) in [7, 11) is 1.43. The molecule has 0 heterocycles. The van der Waals surface area contributed by atoms with Crippen LogP contribution in [0.2, 0.25) is 0 Å². The lowest BCUT2D eigenvalue weighted by atomic mass is 9.98. The molecule has 3 atom stereocenters. The molecule has 1 aromatic rings. The van der Waals surface area contributed by atoms with Gasteiger partial charge in [-0.05, 0) is 11.5 Å². The third-order valence-electron chi connectivity index (χ3n) is 3.35. The fourth-order valence-corrected chi connectivity index (χ4v) is 1.93. The van der Waals surface area contributed by atoms with Crippen molar-refractivity contribution < 1.29 is 19.4 Å². The summed E-state index contributed by atoms with van der Waals surface area (Å²) in [6.07, 6.45) is -0.137. The smallest absolute Gasteiger partial charge is 0.326 e. The molecule has 0 aliphatic carbocycles. The second-order valence-corrected chi connectivity index (χ2v) is 4.74. The van der Waals surface area contributed by atoms with Crippen LogP contribution >= 0.6 is 0 Å². The number of hydrogen-bond acceptors (Lipinski definition) is 3. The van der Waals surface area contributed by atoms with Gasteiger partial charge in [0.2, 0.25) is 0 Å². The van der Waals surface area contributed by atoms with E-state index in [1.54, 1.807) is 31.2 Å². The number of carboxylic acids is 1. The Kier molecular flexibility index (Phi) is 6.18. The van der Waals surface area contributed by atoms with E-state index in [-0.39, 0.29) is 5.92 Å². The van der Waals surface area contributed by atoms with E-state index in [1.165, 1.54) is 7.11 Å². The van der Waals surface area contributed by atoms with E-state index < -0.39 is 24.0 Å². The molecule has 0 saturated heterocycles. The molecular weight excluding hydrogens is 258 g/mol. The number of ether oxygens (including phenoxy) is 1. The average Bonchev–Trinajstić information content (AvgIpc) is 2.45. The van der Waals surface area contributed by atoms with Gasteiger partial charge in [0.1, 0.15) is 6.04 Å². The lowest BCUT2D eigenvalue weighted by Crippen LogP contribution is -2.47. The van der Waals surface area contributed by atoms with E-state index in [0.717, 1.165) is 0 Å². The lowest BCUT2D eigenvalue weighted by molar-refractivity contribution is -0.145. The maximum Gasteiger partial charge on any atom is 0.326 e. The predicted octanol–water partition coefficient (Wildman–Crippen LogP) is 1.99. The van der Waals surface area contributed by atoms with Gasteiger partial charge in [0, 0.05) is 7.11 Å². The quantitative estimate of drug-likeness (QED) is 0.800. The molecule has 5 heteroatoms. The minimum Gasteiger partial charge on any atom is -0.480 e. The number of carbonyl (C=O) groups excluding carboxylic acids is 1. The summed E-state index contributed by atoms with van der Waals surface area (Å²) < 4.78 is 5.19. The monoisotopic (exact) mass is 279 g/mol. The molecule has 1 rings (SSSR count). The molecular formula is C15H21NO4. The van der Waals surface area contributed by atoms with Gasteiger partial charge in [-0.3, -0.25) is 4.79 Å². The minimum atomic E-state index is -1.03. The molecule has 0 saturated carbocycles. The van der Waals surface area contributed by atoms with E-state index in [9.17, 15) is 14.7 Å². The summed E-state index contributed by atoms with van der Waals surface area (Å²) in [5, 5.41) is 11.7. The van der Waals surface area contributed by atoms with E-state index in [4.69, 9.17) is 4.74 Å². The molecule has 0 radical (unpaired) electrons. The van der Waals surface area contributed by atoms with Crippen LogP contribution in [0.4, 0.5) is 0 Å². The van der Waals surface area contributed by atoms with E-state index in [1.807, 2.05) is 13.0 Å². The number of methoxy groups -OCH3 is 1. The van der Waals surface area contributed by atoms with Crippen LogP contribution in [0.25, 0.3) is 0 Å². The molecule has 2 N–H and O–H groups in total. The van der Waals surface area contributed by atoms with Crippen LogP contribution in [-0.4, -0.2) is 30.1 Å². The van der Waals surface area contributed by atoms with Crippen LogP contribution in [0.1, 0.15) is 31.9 Å². The molecule has 0 aliphatic rings. The highest BCUT2D eigenvalue weighted by molar-refractivity contribution is 5.87. The van der Waals surface area contributed by atoms with Gasteiger partial charge in [0.25, 0.3) is 5.91 Å². The molecule has 1 amide bonds. The zero-order valence-electron chi connectivity index (χ0n) is 12.0. The summed E-state index contributed by atoms with van der Waals surface area (Å²) in [5.74, 6) is -1.62. The van der Waals surface area contributed by atoms with Crippen molar-refractivity contribution in [1.82, 2.24) is 5.32 Å². The summed E-state index contributed by atoms with van der Waals surface area (Å²) in [6.45, 7) is 3.68. The van der Waals surface area contributed by atoms with E-state index >= 15 is 0 Å². The molecule has 5 nitrogen and oxygen atoms in total. The van der Waals surface area contributed by atoms with Crippen molar-refractivity contribution in [2.24, 2.45) is 5.92 Å². The SMILES string of the molecule is CC[C@@H](C)[C@@H](NC(=O)[C@@H](OC)c1ccccc1)C(=O)O. The van der Waals surface area contributed by atoms with Crippen LogP contribution < -0.4 is 5.32 Å². The standard InChI is InChI=1S/C15H21NO4/c1-4-10(2)12(15(18)19)16-14(17)13(20-3)11-8-6-5-7-9-11/h5-10,12-13H,4H2,1-3H3,(H,16,17)(H,18,19)/t10-,12-,13+/m1/s1. The van der Waals surface area contributed by atoms with Crippen molar-refractivity contribution in [2.45, 2.75) is 32.4 Å². The van der Waals surface area contributed by atoms with Gasteiger partial charge in [-0.1, -0.05) is 50.6 Å². The fourth-order valence-electron chi connectivity index (χ4n) is 1.93. The zero-order valence-corrected chi connectivity index (χ0v) is 12.0. The first-order valence-electron chi connectivity index (χ1n) is 6.62.